The molecule has 1 heterocycles. The summed E-state index contributed by atoms with van der Waals surface area (Å²) in [5.41, 5.74) is 3.28. The highest BCUT2D eigenvalue weighted by atomic mass is 32.2. The van der Waals surface area contributed by atoms with Gasteiger partial charge >= 0.3 is 0 Å². The molecular weight excluding hydrogens is 390 g/mol. The van der Waals surface area contributed by atoms with Crippen LogP contribution >= 0.6 is 11.8 Å². The number of hydrogen-bond donors (Lipinski definition) is 1. The average molecular weight is 414 g/mol. The minimum absolute atomic E-state index is 0.0116. The Morgan fingerprint density at radius 3 is 2.23 bits per heavy atom. The Hall–Kier alpha value is -3.31. The van der Waals surface area contributed by atoms with Crippen LogP contribution in [0.2, 0.25) is 0 Å². The molecule has 0 aliphatic carbocycles. The molecule has 1 N–H and O–H groups in total. The number of benzene rings is 3. The predicted molar refractivity (Wildman–Crippen MR) is 121 cm³/mol. The van der Waals surface area contributed by atoms with Gasteiger partial charge in [0.1, 0.15) is 5.25 Å². The van der Waals surface area contributed by atoms with E-state index < -0.39 is 0 Å². The summed E-state index contributed by atoms with van der Waals surface area (Å²) in [5.74, 6) is 0.0116. The number of carbonyl (C=O) groups excluding carboxylic acids is 1. The van der Waals surface area contributed by atoms with Crippen molar-refractivity contribution in [3.63, 3.8) is 0 Å². The first-order chi connectivity index (χ1) is 14.8. The summed E-state index contributed by atoms with van der Waals surface area (Å²) in [6, 6.07) is 28.3. The topological polar surface area (TPSA) is 46.9 Å². The Balaban J connectivity index is 1.41. The second-order valence-electron chi connectivity index (χ2n) is 6.99. The zero-order valence-corrected chi connectivity index (χ0v) is 17.3. The number of amides is 1. The van der Waals surface area contributed by atoms with Gasteiger partial charge in [0.15, 0.2) is 0 Å². The second-order valence-corrected chi connectivity index (χ2v) is 8.17. The van der Waals surface area contributed by atoms with E-state index in [9.17, 15) is 4.79 Å². The summed E-state index contributed by atoms with van der Waals surface area (Å²) in [4.78, 5) is 18.2. The summed E-state index contributed by atoms with van der Waals surface area (Å²) in [5, 5.41) is 2.81. The molecule has 1 unspecified atom stereocenters. The van der Waals surface area contributed by atoms with Crippen LogP contribution in [0.4, 0.5) is 0 Å². The fourth-order valence-electron chi connectivity index (χ4n) is 3.17. The van der Waals surface area contributed by atoms with Crippen molar-refractivity contribution in [1.82, 2.24) is 14.9 Å². The van der Waals surface area contributed by atoms with Crippen LogP contribution < -0.4 is 5.32 Å². The highest BCUT2D eigenvalue weighted by Gasteiger charge is 2.21. The third-order valence-corrected chi connectivity index (χ3v) is 6.02. The standard InChI is InChI=1S/C25H23N3OS/c29-25(24(22-7-3-1-4-8-22)30-23-9-5-2-6-10-23)27-17-20-11-13-21(14-12-20)18-28-16-15-26-19-28/h1-16,19,24H,17-18H2,(H,27,29). The smallest absolute Gasteiger partial charge is 0.238 e. The van der Waals surface area contributed by atoms with Crippen LogP contribution in [-0.4, -0.2) is 15.5 Å². The van der Waals surface area contributed by atoms with Gasteiger partial charge in [-0.3, -0.25) is 4.79 Å². The van der Waals surface area contributed by atoms with Crippen molar-refractivity contribution in [2.24, 2.45) is 0 Å². The zero-order valence-electron chi connectivity index (χ0n) is 16.5. The third-order valence-electron chi connectivity index (χ3n) is 4.75. The zero-order chi connectivity index (χ0) is 20.6. The van der Waals surface area contributed by atoms with E-state index in [1.807, 2.05) is 77.8 Å². The summed E-state index contributed by atoms with van der Waals surface area (Å²) in [7, 11) is 0. The Morgan fingerprint density at radius 2 is 1.57 bits per heavy atom. The van der Waals surface area contributed by atoms with Crippen LogP contribution in [0.5, 0.6) is 0 Å². The van der Waals surface area contributed by atoms with Gasteiger partial charge in [-0.15, -0.1) is 11.8 Å². The molecule has 5 heteroatoms. The summed E-state index contributed by atoms with van der Waals surface area (Å²) >= 11 is 1.57. The summed E-state index contributed by atoms with van der Waals surface area (Å²) in [6.07, 6.45) is 5.53. The van der Waals surface area contributed by atoms with Crippen molar-refractivity contribution in [3.05, 3.63) is 120 Å². The van der Waals surface area contributed by atoms with Gasteiger partial charge in [0.05, 0.1) is 6.33 Å². The molecule has 1 aromatic heterocycles. The molecule has 1 amide bonds. The lowest BCUT2D eigenvalue weighted by molar-refractivity contribution is -0.120. The highest BCUT2D eigenvalue weighted by molar-refractivity contribution is 8.00. The molecule has 150 valence electrons. The van der Waals surface area contributed by atoms with E-state index >= 15 is 0 Å². The highest BCUT2D eigenvalue weighted by Crippen LogP contribution is 2.35. The van der Waals surface area contributed by atoms with E-state index in [0.717, 1.165) is 22.6 Å². The molecular formula is C25H23N3OS. The molecule has 4 aromatic rings. The lowest BCUT2D eigenvalue weighted by Crippen LogP contribution is -2.27. The Morgan fingerprint density at radius 1 is 0.900 bits per heavy atom. The van der Waals surface area contributed by atoms with E-state index in [1.165, 1.54) is 5.56 Å². The lowest BCUT2D eigenvalue weighted by atomic mass is 10.1. The molecule has 4 rings (SSSR count). The number of nitrogens with one attached hydrogen (secondary N) is 1. The van der Waals surface area contributed by atoms with Gasteiger partial charge in [-0.05, 0) is 28.8 Å². The lowest BCUT2D eigenvalue weighted by Gasteiger charge is -2.17. The first-order valence-corrected chi connectivity index (χ1v) is 10.7. The number of hydrogen-bond acceptors (Lipinski definition) is 3. The molecule has 0 saturated heterocycles. The molecule has 3 aromatic carbocycles. The Kier molecular flexibility index (Phi) is 6.62. The molecule has 4 nitrogen and oxygen atoms in total. The quantitative estimate of drug-likeness (QED) is 0.410. The van der Waals surface area contributed by atoms with Gasteiger partial charge in [0.2, 0.25) is 5.91 Å². The summed E-state index contributed by atoms with van der Waals surface area (Å²) in [6.45, 7) is 1.29. The number of aromatic nitrogens is 2. The van der Waals surface area contributed by atoms with Crippen LogP contribution in [-0.2, 0) is 17.9 Å². The van der Waals surface area contributed by atoms with Crippen molar-refractivity contribution >= 4 is 17.7 Å². The van der Waals surface area contributed by atoms with Gasteiger partial charge in [-0.1, -0.05) is 72.8 Å². The van der Waals surface area contributed by atoms with Crippen LogP contribution in [0.15, 0.2) is 109 Å². The van der Waals surface area contributed by atoms with Crippen molar-refractivity contribution in [2.45, 2.75) is 23.2 Å². The predicted octanol–water partition coefficient (Wildman–Crippen LogP) is 5.08. The molecule has 30 heavy (non-hydrogen) atoms. The van der Waals surface area contributed by atoms with E-state index in [-0.39, 0.29) is 11.2 Å². The molecule has 1 atom stereocenters. The van der Waals surface area contributed by atoms with E-state index in [1.54, 1.807) is 18.0 Å². The van der Waals surface area contributed by atoms with Crippen LogP contribution in [0.3, 0.4) is 0 Å². The molecule has 0 aliphatic heterocycles. The van der Waals surface area contributed by atoms with Crippen molar-refractivity contribution in [3.8, 4) is 0 Å². The number of thioether (sulfide) groups is 1. The second kappa shape index (κ2) is 9.94. The van der Waals surface area contributed by atoms with Crippen LogP contribution in [0.25, 0.3) is 0 Å². The number of imidazole rings is 1. The van der Waals surface area contributed by atoms with E-state index in [2.05, 4.69) is 34.6 Å². The largest absolute Gasteiger partial charge is 0.351 e. The molecule has 0 spiro atoms. The van der Waals surface area contributed by atoms with Crippen molar-refractivity contribution in [2.75, 3.05) is 0 Å². The average Bonchev–Trinajstić information content (AvgIpc) is 3.31. The summed E-state index contributed by atoms with van der Waals surface area (Å²) < 4.78 is 2.03. The van der Waals surface area contributed by atoms with Gasteiger partial charge in [0.25, 0.3) is 0 Å². The minimum atomic E-state index is -0.297. The molecule has 0 fully saturated rings. The number of nitrogens with zero attached hydrogens (tertiary/aromatic N) is 2. The Labute approximate surface area is 181 Å². The number of carbonyl (C=O) groups is 1. The maximum absolute atomic E-state index is 13.1. The van der Waals surface area contributed by atoms with E-state index in [4.69, 9.17) is 0 Å². The van der Waals surface area contributed by atoms with Crippen molar-refractivity contribution in [1.29, 1.82) is 0 Å². The van der Waals surface area contributed by atoms with Crippen LogP contribution in [0.1, 0.15) is 21.9 Å². The molecule has 0 radical (unpaired) electrons. The molecule has 0 aliphatic rings. The van der Waals surface area contributed by atoms with E-state index in [0.29, 0.717) is 6.54 Å². The Bertz CT molecular complexity index is 1050. The maximum Gasteiger partial charge on any atom is 0.238 e. The first kappa shape index (κ1) is 20.0. The van der Waals surface area contributed by atoms with Gasteiger partial charge in [0, 0.05) is 30.4 Å². The normalized spacial score (nSPS) is 11.7. The first-order valence-electron chi connectivity index (χ1n) is 9.86. The van der Waals surface area contributed by atoms with Crippen molar-refractivity contribution < 1.29 is 4.79 Å². The maximum atomic E-state index is 13.1. The SMILES string of the molecule is O=C(NCc1ccc(Cn2ccnc2)cc1)C(Sc1ccccc1)c1ccccc1. The van der Waals surface area contributed by atoms with Gasteiger partial charge in [-0.25, -0.2) is 4.98 Å². The third kappa shape index (κ3) is 5.39. The molecule has 0 saturated carbocycles. The fraction of sp³-hybridized carbons (Fsp3) is 0.120. The minimum Gasteiger partial charge on any atom is -0.351 e. The monoisotopic (exact) mass is 413 g/mol. The number of rotatable bonds is 8. The van der Waals surface area contributed by atoms with Crippen LogP contribution in [0, 0.1) is 0 Å². The van der Waals surface area contributed by atoms with Gasteiger partial charge in [-0.2, -0.15) is 0 Å². The fourth-order valence-corrected chi connectivity index (χ4v) is 4.24. The molecule has 0 bridgehead atoms. The van der Waals surface area contributed by atoms with Gasteiger partial charge < -0.3 is 9.88 Å².